The van der Waals surface area contributed by atoms with E-state index in [1.807, 2.05) is 0 Å². The van der Waals surface area contributed by atoms with Gasteiger partial charge in [0.2, 0.25) is 0 Å². The fourth-order valence-electron chi connectivity index (χ4n) is 1.29. The molecule has 0 aromatic rings. The van der Waals surface area contributed by atoms with Crippen LogP contribution >= 0.6 is 14.7 Å². The molecule has 0 fully saturated rings. The van der Waals surface area contributed by atoms with Crippen LogP contribution < -0.4 is 34.5 Å². The molecule has 1 unspecified atom stereocenters. The largest absolute Gasteiger partial charge is 1.00 e. The first-order chi connectivity index (χ1) is 8.41. The average molecular weight is 337 g/mol. The minimum atomic E-state index is -4.41. The predicted molar refractivity (Wildman–Crippen MR) is 66.8 cm³/mol. The number of ketones is 1. The Morgan fingerprint density at radius 3 is 2.15 bits per heavy atom. The van der Waals surface area contributed by atoms with E-state index in [1.54, 1.807) is 0 Å². The summed E-state index contributed by atoms with van der Waals surface area (Å²) in [6, 6.07) is 0. The maximum absolute atomic E-state index is 11.4. The van der Waals surface area contributed by atoms with Crippen LogP contribution in [0.2, 0.25) is 0 Å². The monoisotopic (exact) mass is 337 g/mol. The normalized spacial score (nSPS) is 14.1. The zero-order valence-electron chi connectivity index (χ0n) is 11.8. The van der Waals surface area contributed by atoms with E-state index < -0.39 is 39.0 Å². The van der Waals surface area contributed by atoms with Gasteiger partial charge in [-0.3, -0.25) is 14.8 Å². The Bertz CT molecular complexity index is 430. The molecule has 0 spiro atoms. The molecule has 20 heavy (non-hydrogen) atoms. The van der Waals surface area contributed by atoms with Gasteiger partial charge in [0, 0.05) is 12.7 Å². The van der Waals surface area contributed by atoms with Gasteiger partial charge in [0.1, 0.15) is 13.4 Å². The van der Waals surface area contributed by atoms with E-state index in [4.69, 9.17) is 4.89 Å². The first-order valence-electron chi connectivity index (χ1n) is 5.48. The van der Waals surface area contributed by atoms with Gasteiger partial charge in [0.05, 0.1) is 19.7 Å². The van der Waals surface area contributed by atoms with E-state index in [9.17, 15) is 28.8 Å². The Morgan fingerprint density at radius 1 is 1.25 bits per heavy atom. The van der Waals surface area contributed by atoms with Gasteiger partial charge in [0.15, 0.2) is 0 Å². The number of hydroxylamine groups is 2. The number of Topliss-reactive ketones (excluding diaryl/α,β-unsaturated/α-hetero) is 1. The SMILES string of the molecule is CP(C)(=O)CC(=O)CC(=O)N(O)CCCP(=O)([O-])O.[Na+]. The van der Waals surface area contributed by atoms with E-state index in [1.165, 1.54) is 13.3 Å². The molecule has 2 N–H and O–H groups in total. The Balaban J connectivity index is 0. The van der Waals surface area contributed by atoms with Crippen molar-refractivity contribution in [2.75, 3.05) is 32.2 Å². The molecule has 0 heterocycles. The van der Waals surface area contributed by atoms with Crippen molar-refractivity contribution < 1.29 is 63.3 Å². The molecule has 8 nitrogen and oxygen atoms in total. The second-order valence-corrected chi connectivity index (χ2v) is 9.87. The van der Waals surface area contributed by atoms with Crippen LogP contribution in [0, 0.1) is 0 Å². The molecule has 0 rings (SSSR count). The Kier molecular flexibility index (Phi) is 10.8. The molecule has 0 aliphatic rings. The zero-order chi connectivity index (χ0) is 15.3. The smallest absolute Gasteiger partial charge is 0.779 e. The molecule has 0 aromatic carbocycles. The summed E-state index contributed by atoms with van der Waals surface area (Å²) in [6.45, 7) is 2.52. The first-order valence-corrected chi connectivity index (χ1v) is 10.0. The summed E-state index contributed by atoms with van der Waals surface area (Å²) in [5, 5.41) is 9.48. The minimum Gasteiger partial charge on any atom is -0.779 e. The zero-order valence-corrected chi connectivity index (χ0v) is 15.6. The molecule has 112 valence electrons. The molecular weight excluding hydrogens is 319 g/mol. The fraction of sp³-hybridized carbons (Fsp3) is 0.778. The van der Waals surface area contributed by atoms with Crippen LogP contribution in [0.15, 0.2) is 0 Å². The summed E-state index contributed by atoms with van der Waals surface area (Å²) in [7, 11) is -6.98. The number of carbonyl (C=O) groups is 2. The van der Waals surface area contributed by atoms with Gasteiger partial charge >= 0.3 is 29.6 Å². The van der Waals surface area contributed by atoms with Gasteiger partial charge in [-0.15, -0.1) is 0 Å². The van der Waals surface area contributed by atoms with Gasteiger partial charge in [-0.05, 0) is 19.8 Å². The molecule has 0 radical (unpaired) electrons. The van der Waals surface area contributed by atoms with Crippen molar-refractivity contribution in [3.05, 3.63) is 0 Å². The summed E-state index contributed by atoms with van der Waals surface area (Å²) in [6.07, 6.45) is -1.52. The fourth-order valence-corrected chi connectivity index (χ4v) is 2.79. The molecule has 11 heteroatoms. The minimum absolute atomic E-state index is 0. The van der Waals surface area contributed by atoms with Crippen molar-refractivity contribution >= 4 is 26.4 Å². The Hall–Kier alpha value is 0.480. The number of hydrogen-bond donors (Lipinski definition) is 2. The summed E-state index contributed by atoms with van der Waals surface area (Å²) >= 11 is 0. The second-order valence-electron chi connectivity index (χ2n) is 4.68. The number of hydrogen-bond acceptors (Lipinski definition) is 6. The summed E-state index contributed by atoms with van der Waals surface area (Å²) in [5.74, 6) is -1.44. The van der Waals surface area contributed by atoms with Crippen molar-refractivity contribution in [1.82, 2.24) is 5.06 Å². The second kappa shape index (κ2) is 9.49. The van der Waals surface area contributed by atoms with E-state index in [0.717, 1.165) is 0 Å². The molecule has 0 saturated heterocycles. The van der Waals surface area contributed by atoms with Gasteiger partial charge in [0.25, 0.3) is 5.91 Å². The standard InChI is InChI=1S/C9H19NO7P2.Na/c1-18(2,14)7-8(11)6-9(12)10(13)4-3-5-19(15,16)17;/h13H,3-7H2,1-2H3,(H2,15,16,17);/q;+1/p-1. The van der Waals surface area contributed by atoms with E-state index in [2.05, 4.69) is 0 Å². The average Bonchev–Trinajstić information content (AvgIpc) is 2.11. The quantitative estimate of drug-likeness (QED) is 0.156. The maximum Gasteiger partial charge on any atom is 1.00 e. The molecule has 0 aromatic heterocycles. The third-order valence-corrected chi connectivity index (χ3v) is 4.00. The van der Waals surface area contributed by atoms with Gasteiger partial charge < -0.3 is 18.9 Å². The molecule has 1 atom stereocenters. The van der Waals surface area contributed by atoms with Crippen molar-refractivity contribution in [3.8, 4) is 0 Å². The summed E-state index contributed by atoms with van der Waals surface area (Å²) in [5.41, 5.74) is 0. The number of carbonyl (C=O) groups excluding carboxylic acids is 2. The molecule has 0 saturated carbocycles. The molecule has 0 aliphatic carbocycles. The van der Waals surface area contributed by atoms with E-state index in [0.29, 0.717) is 0 Å². The molecular formula is C9H18NNaO7P2. The van der Waals surface area contributed by atoms with Crippen molar-refractivity contribution in [3.63, 3.8) is 0 Å². The molecule has 1 amide bonds. The van der Waals surface area contributed by atoms with Crippen molar-refractivity contribution in [2.24, 2.45) is 0 Å². The molecule has 0 aliphatic heterocycles. The number of amides is 1. The topological polar surface area (TPSA) is 135 Å². The summed E-state index contributed by atoms with van der Waals surface area (Å²) in [4.78, 5) is 41.6. The van der Waals surface area contributed by atoms with Crippen LogP contribution in [0.4, 0.5) is 0 Å². The van der Waals surface area contributed by atoms with Crippen molar-refractivity contribution in [2.45, 2.75) is 12.8 Å². The van der Waals surface area contributed by atoms with Gasteiger partial charge in [-0.25, -0.2) is 5.06 Å². The first kappa shape index (κ1) is 22.8. The number of nitrogens with zero attached hydrogens (tertiary/aromatic N) is 1. The van der Waals surface area contributed by atoms with Crippen molar-refractivity contribution in [1.29, 1.82) is 0 Å². The van der Waals surface area contributed by atoms with Gasteiger partial charge in [-0.2, -0.15) is 0 Å². The van der Waals surface area contributed by atoms with E-state index in [-0.39, 0.29) is 53.7 Å². The van der Waals surface area contributed by atoms with Crippen LogP contribution in [-0.2, 0) is 18.7 Å². The predicted octanol–water partition coefficient (Wildman–Crippen LogP) is -3.27. The van der Waals surface area contributed by atoms with Crippen LogP contribution in [-0.4, -0.2) is 59.1 Å². The van der Waals surface area contributed by atoms with Crippen LogP contribution in [0.5, 0.6) is 0 Å². The molecule has 0 bridgehead atoms. The number of rotatable bonds is 8. The summed E-state index contributed by atoms with van der Waals surface area (Å²) < 4.78 is 21.8. The maximum atomic E-state index is 11.4. The third kappa shape index (κ3) is 13.5. The van der Waals surface area contributed by atoms with Crippen LogP contribution in [0.25, 0.3) is 0 Å². The van der Waals surface area contributed by atoms with Crippen LogP contribution in [0.3, 0.4) is 0 Å². The van der Waals surface area contributed by atoms with Crippen LogP contribution in [0.1, 0.15) is 12.8 Å². The Morgan fingerprint density at radius 2 is 1.75 bits per heavy atom. The van der Waals surface area contributed by atoms with E-state index >= 15 is 0 Å². The third-order valence-electron chi connectivity index (χ3n) is 2.00. The Labute approximate surface area is 139 Å². The van der Waals surface area contributed by atoms with Gasteiger partial charge in [-0.1, -0.05) is 0 Å².